The molecule has 0 spiro atoms. The normalized spacial score (nSPS) is 10.8. The number of rotatable bonds is 5. The first kappa shape index (κ1) is 13.8. The predicted octanol–water partition coefficient (Wildman–Crippen LogP) is 3.55. The lowest BCUT2D eigenvalue weighted by molar-refractivity contribution is 0.234. The van der Waals surface area contributed by atoms with E-state index >= 15 is 0 Å². The molecular weight excluding hydrogens is 258 g/mol. The van der Waals surface area contributed by atoms with Crippen LogP contribution in [0.2, 0.25) is 0 Å². The van der Waals surface area contributed by atoms with Crippen LogP contribution in [0.3, 0.4) is 0 Å². The highest BCUT2D eigenvalue weighted by atomic mass is 32.1. The Morgan fingerprint density at radius 3 is 2.79 bits per heavy atom. The Balaban J connectivity index is 2.09. The second-order valence-corrected chi connectivity index (χ2v) is 5.91. The number of hydrogen-bond acceptors (Lipinski definition) is 5. The standard InChI is InChI=1S/C14H19N3OS/c1-9(2)18-14-12(6-5-7-15-14)16-8-13-10(3)17-11(4)19-13/h5-7,9,16H,8H2,1-4H3. The summed E-state index contributed by atoms with van der Waals surface area (Å²) in [5, 5.41) is 4.47. The third kappa shape index (κ3) is 3.67. The van der Waals surface area contributed by atoms with Gasteiger partial charge in [0, 0.05) is 11.1 Å². The maximum atomic E-state index is 5.68. The summed E-state index contributed by atoms with van der Waals surface area (Å²) >= 11 is 1.72. The number of nitrogens with one attached hydrogen (secondary N) is 1. The smallest absolute Gasteiger partial charge is 0.237 e. The van der Waals surface area contributed by atoms with Gasteiger partial charge in [-0.25, -0.2) is 9.97 Å². The van der Waals surface area contributed by atoms with E-state index in [4.69, 9.17) is 4.74 Å². The fourth-order valence-corrected chi connectivity index (χ4v) is 2.63. The molecule has 5 heteroatoms. The molecule has 0 aliphatic carbocycles. The number of pyridine rings is 1. The first-order valence-electron chi connectivity index (χ1n) is 6.34. The summed E-state index contributed by atoms with van der Waals surface area (Å²) in [7, 11) is 0. The number of aromatic nitrogens is 2. The van der Waals surface area contributed by atoms with E-state index in [0.717, 1.165) is 22.9 Å². The highest BCUT2D eigenvalue weighted by Crippen LogP contribution is 2.24. The Hall–Kier alpha value is -1.62. The largest absolute Gasteiger partial charge is 0.473 e. The zero-order valence-corrected chi connectivity index (χ0v) is 12.5. The molecule has 0 aliphatic heterocycles. The average Bonchev–Trinajstić information content (AvgIpc) is 2.66. The van der Waals surface area contributed by atoms with Gasteiger partial charge in [-0.05, 0) is 39.8 Å². The molecule has 0 fully saturated rings. The van der Waals surface area contributed by atoms with Crippen LogP contribution in [0.15, 0.2) is 18.3 Å². The minimum atomic E-state index is 0.114. The Kier molecular flexibility index (Phi) is 4.37. The molecule has 0 saturated carbocycles. The van der Waals surface area contributed by atoms with Crippen LogP contribution in [0.1, 0.15) is 29.4 Å². The second-order valence-electron chi connectivity index (χ2n) is 4.62. The molecule has 0 unspecified atom stereocenters. The van der Waals surface area contributed by atoms with Gasteiger partial charge in [-0.1, -0.05) is 0 Å². The van der Waals surface area contributed by atoms with E-state index in [2.05, 4.69) is 15.3 Å². The summed E-state index contributed by atoms with van der Waals surface area (Å²) in [6.45, 7) is 8.80. The van der Waals surface area contributed by atoms with Crippen molar-refractivity contribution in [1.82, 2.24) is 9.97 Å². The van der Waals surface area contributed by atoms with E-state index in [0.29, 0.717) is 5.88 Å². The summed E-state index contributed by atoms with van der Waals surface area (Å²) in [5.74, 6) is 0.649. The van der Waals surface area contributed by atoms with E-state index in [-0.39, 0.29) is 6.10 Å². The lowest BCUT2D eigenvalue weighted by Gasteiger charge is -2.13. The van der Waals surface area contributed by atoms with E-state index in [1.165, 1.54) is 4.88 Å². The molecule has 0 saturated heterocycles. The lowest BCUT2D eigenvalue weighted by Crippen LogP contribution is -2.10. The minimum Gasteiger partial charge on any atom is -0.473 e. The fraction of sp³-hybridized carbons (Fsp3) is 0.429. The number of aryl methyl sites for hydroxylation is 2. The van der Waals surface area contributed by atoms with Gasteiger partial charge in [0.1, 0.15) is 0 Å². The molecule has 0 atom stereocenters. The monoisotopic (exact) mass is 277 g/mol. The van der Waals surface area contributed by atoms with Crippen molar-refractivity contribution in [2.24, 2.45) is 0 Å². The van der Waals surface area contributed by atoms with E-state index in [1.807, 2.05) is 39.8 Å². The molecule has 0 aromatic carbocycles. The molecule has 4 nitrogen and oxygen atoms in total. The molecule has 0 aliphatic rings. The second kappa shape index (κ2) is 6.02. The molecule has 2 rings (SSSR count). The van der Waals surface area contributed by atoms with E-state index in [1.54, 1.807) is 17.5 Å². The molecule has 2 aromatic rings. The molecule has 0 radical (unpaired) electrons. The summed E-state index contributed by atoms with van der Waals surface area (Å²) < 4.78 is 5.68. The average molecular weight is 277 g/mol. The van der Waals surface area contributed by atoms with Gasteiger partial charge in [0.25, 0.3) is 0 Å². The van der Waals surface area contributed by atoms with Crippen LogP contribution in [-0.2, 0) is 6.54 Å². The fourth-order valence-electron chi connectivity index (χ4n) is 1.76. The Labute approximate surface area is 117 Å². The Bertz CT molecular complexity index is 551. The number of ether oxygens (including phenoxy) is 1. The van der Waals surface area contributed by atoms with Crippen molar-refractivity contribution in [2.75, 3.05) is 5.32 Å². The number of thiazole rings is 1. The summed E-state index contributed by atoms with van der Waals surface area (Å²) in [6, 6.07) is 3.88. The quantitative estimate of drug-likeness (QED) is 0.908. The summed E-state index contributed by atoms with van der Waals surface area (Å²) in [4.78, 5) is 9.93. The number of anilines is 1. The molecule has 102 valence electrons. The zero-order chi connectivity index (χ0) is 13.8. The van der Waals surface area contributed by atoms with Crippen molar-refractivity contribution < 1.29 is 4.74 Å². The van der Waals surface area contributed by atoms with Gasteiger partial charge in [-0.2, -0.15) is 0 Å². The van der Waals surface area contributed by atoms with Crippen LogP contribution >= 0.6 is 11.3 Å². The van der Waals surface area contributed by atoms with Gasteiger partial charge in [-0.3, -0.25) is 0 Å². The first-order chi connectivity index (χ1) is 9.06. The third-order valence-corrected chi connectivity index (χ3v) is 3.63. The van der Waals surface area contributed by atoms with Gasteiger partial charge in [0.15, 0.2) is 0 Å². The van der Waals surface area contributed by atoms with Gasteiger partial charge in [0.2, 0.25) is 5.88 Å². The van der Waals surface area contributed by atoms with Gasteiger partial charge in [0.05, 0.1) is 29.0 Å². The van der Waals surface area contributed by atoms with Crippen molar-refractivity contribution in [3.05, 3.63) is 33.9 Å². The molecule has 2 aromatic heterocycles. The summed E-state index contributed by atoms with van der Waals surface area (Å²) in [6.07, 6.45) is 1.85. The Morgan fingerprint density at radius 1 is 1.37 bits per heavy atom. The van der Waals surface area contributed by atoms with Crippen molar-refractivity contribution >= 4 is 17.0 Å². The molecule has 0 bridgehead atoms. The summed E-state index contributed by atoms with van der Waals surface area (Å²) in [5.41, 5.74) is 2.01. The van der Waals surface area contributed by atoms with Crippen molar-refractivity contribution in [1.29, 1.82) is 0 Å². The van der Waals surface area contributed by atoms with Crippen molar-refractivity contribution in [3.63, 3.8) is 0 Å². The maximum Gasteiger partial charge on any atom is 0.237 e. The topological polar surface area (TPSA) is 47.0 Å². The number of nitrogens with zero attached hydrogens (tertiary/aromatic N) is 2. The van der Waals surface area contributed by atoms with Gasteiger partial charge < -0.3 is 10.1 Å². The highest BCUT2D eigenvalue weighted by molar-refractivity contribution is 7.11. The zero-order valence-electron chi connectivity index (χ0n) is 11.7. The predicted molar refractivity (Wildman–Crippen MR) is 78.9 cm³/mol. The van der Waals surface area contributed by atoms with Crippen LogP contribution in [0.5, 0.6) is 5.88 Å². The van der Waals surface area contributed by atoms with E-state index < -0.39 is 0 Å². The van der Waals surface area contributed by atoms with Crippen molar-refractivity contribution in [3.8, 4) is 5.88 Å². The van der Waals surface area contributed by atoms with Crippen LogP contribution in [0.4, 0.5) is 5.69 Å². The van der Waals surface area contributed by atoms with E-state index in [9.17, 15) is 0 Å². The maximum absolute atomic E-state index is 5.68. The molecular formula is C14H19N3OS. The van der Waals surface area contributed by atoms with Crippen LogP contribution in [-0.4, -0.2) is 16.1 Å². The molecule has 19 heavy (non-hydrogen) atoms. The van der Waals surface area contributed by atoms with Crippen LogP contribution < -0.4 is 10.1 Å². The minimum absolute atomic E-state index is 0.114. The van der Waals surface area contributed by atoms with Crippen LogP contribution in [0.25, 0.3) is 0 Å². The molecule has 2 heterocycles. The Morgan fingerprint density at radius 2 is 2.16 bits per heavy atom. The molecule has 0 amide bonds. The van der Waals surface area contributed by atoms with Gasteiger partial charge >= 0.3 is 0 Å². The van der Waals surface area contributed by atoms with Crippen molar-refractivity contribution in [2.45, 2.75) is 40.3 Å². The number of hydrogen-bond donors (Lipinski definition) is 1. The lowest BCUT2D eigenvalue weighted by atomic mass is 10.3. The van der Waals surface area contributed by atoms with Crippen LogP contribution in [0, 0.1) is 13.8 Å². The first-order valence-corrected chi connectivity index (χ1v) is 7.16. The molecule has 1 N–H and O–H groups in total. The van der Waals surface area contributed by atoms with Gasteiger partial charge in [-0.15, -0.1) is 11.3 Å². The third-order valence-electron chi connectivity index (χ3n) is 2.56. The SMILES string of the molecule is Cc1nc(C)c(CNc2cccnc2OC(C)C)s1. The highest BCUT2D eigenvalue weighted by Gasteiger charge is 2.08.